The number of nitrogens with zero attached hydrogens (tertiary/aromatic N) is 3. The molecule has 3 rings (SSSR count). The zero-order valence-electron chi connectivity index (χ0n) is 11.4. The lowest BCUT2D eigenvalue weighted by molar-refractivity contribution is 0.686. The van der Waals surface area contributed by atoms with Crippen LogP contribution in [0.3, 0.4) is 0 Å². The molecule has 5 heteroatoms. The Kier molecular flexibility index (Phi) is 4.17. The maximum absolute atomic E-state index is 5.85. The molecule has 0 fully saturated rings. The van der Waals surface area contributed by atoms with Gasteiger partial charge in [0.05, 0.1) is 12.7 Å². The molecule has 0 saturated heterocycles. The van der Waals surface area contributed by atoms with Crippen molar-refractivity contribution in [3.8, 4) is 0 Å². The molecule has 0 atom stereocenters. The third kappa shape index (κ3) is 3.83. The van der Waals surface area contributed by atoms with E-state index in [4.69, 9.17) is 11.6 Å². The second-order valence-electron chi connectivity index (χ2n) is 4.73. The number of aromatic nitrogens is 3. The normalized spacial score (nSPS) is 10.5. The molecule has 0 aliphatic heterocycles. The number of halogens is 1. The Hall–Kier alpha value is -2.33. The lowest BCUT2D eigenvalue weighted by Crippen LogP contribution is -2.01. The summed E-state index contributed by atoms with van der Waals surface area (Å²) in [7, 11) is 0. The highest BCUT2D eigenvalue weighted by molar-refractivity contribution is 6.29. The van der Waals surface area contributed by atoms with Crippen molar-refractivity contribution in [2.45, 2.75) is 13.1 Å². The first-order valence-corrected chi connectivity index (χ1v) is 7.09. The number of pyridine rings is 1. The van der Waals surface area contributed by atoms with Gasteiger partial charge in [0.1, 0.15) is 11.0 Å². The first-order valence-electron chi connectivity index (χ1n) is 6.71. The summed E-state index contributed by atoms with van der Waals surface area (Å²) in [5.74, 6) is 0.762. The molecule has 0 aliphatic carbocycles. The van der Waals surface area contributed by atoms with Gasteiger partial charge in [0.25, 0.3) is 0 Å². The minimum atomic E-state index is 0.486. The Balaban J connectivity index is 1.60. The number of hydrogen-bond donors (Lipinski definition) is 1. The van der Waals surface area contributed by atoms with Crippen molar-refractivity contribution in [2.24, 2.45) is 0 Å². The van der Waals surface area contributed by atoms with Crippen molar-refractivity contribution < 1.29 is 0 Å². The van der Waals surface area contributed by atoms with Gasteiger partial charge in [-0.15, -0.1) is 0 Å². The fourth-order valence-corrected chi connectivity index (χ4v) is 2.22. The molecule has 0 bridgehead atoms. The summed E-state index contributed by atoms with van der Waals surface area (Å²) in [5.41, 5.74) is 2.34. The van der Waals surface area contributed by atoms with Crippen molar-refractivity contribution in [1.29, 1.82) is 0 Å². The van der Waals surface area contributed by atoms with Gasteiger partial charge < -0.3 is 5.32 Å². The molecule has 3 aromatic rings. The lowest BCUT2D eigenvalue weighted by Gasteiger charge is -2.03. The highest BCUT2D eigenvalue weighted by atomic mass is 35.5. The Labute approximate surface area is 128 Å². The van der Waals surface area contributed by atoms with Crippen LogP contribution in [0.5, 0.6) is 0 Å². The van der Waals surface area contributed by atoms with Gasteiger partial charge >= 0.3 is 0 Å². The van der Waals surface area contributed by atoms with Gasteiger partial charge in [-0.3, -0.25) is 4.68 Å². The highest BCUT2D eigenvalue weighted by Crippen LogP contribution is 2.11. The van der Waals surface area contributed by atoms with Crippen LogP contribution in [0.15, 0.2) is 60.9 Å². The molecule has 2 aromatic heterocycles. The third-order valence-corrected chi connectivity index (χ3v) is 3.27. The van der Waals surface area contributed by atoms with Crippen LogP contribution in [-0.4, -0.2) is 14.8 Å². The predicted molar refractivity (Wildman–Crippen MR) is 84.3 cm³/mol. The molecule has 4 nitrogen and oxygen atoms in total. The molecule has 0 amide bonds. The number of anilines is 1. The number of hydrogen-bond acceptors (Lipinski definition) is 3. The number of rotatable bonds is 5. The molecule has 0 aliphatic rings. The number of benzene rings is 1. The second kappa shape index (κ2) is 6.41. The molecule has 1 N–H and O–H groups in total. The van der Waals surface area contributed by atoms with E-state index in [0.29, 0.717) is 11.7 Å². The Morgan fingerprint density at radius 3 is 2.67 bits per heavy atom. The third-order valence-electron chi connectivity index (χ3n) is 3.06. The van der Waals surface area contributed by atoms with E-state index in [9.17, 15) is 0 Å². The summed E-state index contributed by atoms with van der Waals surface area (Å²) < 4.78 is 1.93. The molecule has 0 radical (unpaired) electrons. The summed E-state index contributed by atoms with van der Waals surface area (Å²) in [6.07, 6.45) is 3.89. The molecule has 0 saturated carbocycles. The zero-order chi connectivity index (χ0) is 14.5. The predicted octanol–water partition coefficient (Wildman–Crippen LogP) is 3.59. The van der Waals surface area contributed by atoms with E-state index < -0.39 is 0 Å². The SMILES string of the molecule is Clc1cccc(NCc2cnn(Cc3ccccc3)c2)n1. The lowest BCUT2D eigenvalue weighted by atomic mass is 10.2. The Morgan fingerprint density at radius 2 is 1.86 bits per heavy atom. The minimum Gasteiger partial charge on any atom is -0.366 e. The monoisotopic (exact) mass is 298 g/mol. The van der Waals surface area contributed by atoms with E-state index in [1.807, 2.05) is 47.4 Å². The summed E-state index contributed by atoms with van der Waals surface area (Å²) >= 11 is 5.85. The Morgan fingerprint density at radius 1 is 1.00 bits per heavy atom. The van der Waals surface area contributed by atoms with Gasteiger partial charge in [-0.2, -0.15) is 5.10 Å². The smallest absolute Gasteiger partial charge is 0.131 e. The van der Waals surface area contributed by atoms with Gasteiger partial charge in [-0.1, -0.05) is 48.0 Å². The van der Waals surface area contributed by atoms with Crippen molar-refractivity contribution in [3.05, 3.63) is 77.2 Å². The van der Waals surface area contributed by atoms with Crippen molar-refractivity contribution in [2.75, 3.05) is 5.32 Å². The maximum atomic E-state index is 5.85. The standard InChI is InChI=1S/C16H15ClN4/c17-15-7-4-8-16(20-15)18-9-14-10-19-21(12-14)11-13-5-2-1-3-6-13/h1-8,10,12H,9,11H2,(H,18,20). The summed E-state index contributed by atoms with van der Waals surface area (Å²) in [5, 5.41) is 8.09. The average molecular weight is 299 g/mol. The minimum absolute atomic E-state index is 0.486. The molecule has 0 spiro atoms. The van der Waals surface area contributed by atoms with Gasteiger partial charge in [0.15, 0.2) is 0 Å². The van der Waals surface area contributed by atoms with Crippen LogP contribution < -0.4 is 5.32 Å². The van der Waals surface area contributed by atoms with Gasteiger partial charge in [-0.25, -0.2) is 4.98 Å². The fraction of sp³-hybridized carbons (Fsp3) is 0.125. The van der Waals surface area contributed by atoms with Crippen molar-refractivity contribution >= 4 is 17.4 Å². The highest BCUT2D eigenvalue weighted by Gasteiger charge is 2.01. The summed E-state index contributed by atoms with van der Waals surface area (Å²) in [6, 6.07) is 15.8. The van der Waals surface area contributed by atoms with E-state index in [1.165, 1.54) is 5.56 Å². The van der Waals surface area contributed by atoms with Crippen LogP contribution in [0, 0.1) is 0 Å². The number of nitrogens with one attached hydrogen (secondary N) is 1. The first-order chi connectivity index (χ1) is 10.3. The van der Waals surface area contributed by atoms with E-state index in [2.05, 4.69) is 27.5 Å². The van der Waals surface area contributed by atoms with Crippen LogP contribution in [0.4, 0.5) is 5.82 Å². The van der Waals surface area contributed by atoms with Crippen LogP contribution in [0.2, 0.25) is 5.15 Å². The Bertz CT molecular complexity index is 709. The topological polar surface area (TPSA) is 42.7 Å². The van der Waals surface area contributed by atoms with Gasteiger partial charge in [0, 0.05) is 18.3 Å². The van der Waals surface area contributed by atoms with Crippen molar-refractivity contribution in [3.63, 3.8) is 0 Å². The fourth-order valence-electron chi connectivity index (χ4n) is 2.05. The second-order valence-corrected chi connectivity index (χ2v) is 5.12. The molecule has 21 heavy (non-hydrogen) atoms. The van der Waals surface area contributed by atoms with Gasteiger partial charge in [-0.05, 0) is 17.7 Å². The summed E-state index contributed by atoms with van der Waals surface area (Å²) in [4.78, 5) is 4.19. The first kappa shape index (κ1) is 13.6. The van der Waals surface area contributed by atoms with Crippen LogP contribution in [0.25, 0.3) is 0 Å². The van der Waals surface area contributed by atoms with E-state index in [-0.39, 0.29) is 0 Å². The largest absolute Gasteiger partial charge is 0.366 e. The van der Waals surface area contributed by atoms with E-state index >= 15 is 0 Å². The molecule has 1 aromatic carbocycles. The molecule has 0 unspecified atom stereocenters. The van der Waals surface area contributed by atoms with Crippen molar-refractivity contribution in [1.82, 2.24) is 14.8 Å². The average Bonchev–Trinajstić information content (AvgIpc) is 2.94. The van der Waals surface area contributed by atoms with Crippen LogP contribution >= 0.6 is 11.6 Å². The maximum Gasteiger partial charge on any atom is 0.131 e. The van der Waals surface area contributed by atoms with E-state index in [1.54, 1.807) is 6.07 Å². The molecule has 2 heterocycles. The molecule has 106 valence electrons. The quantitative estimate of drug-likeness (QED) is 0.732. The van der Waals surface area contributed by atoms with Crippen LogP contribution in [-0.2, 0) is 13.1 Å². The van der Waals surface area contributed by atoms with E-state index in [0.717, 1.165) is 17.9 Å². The molecular formula is C16H15ClN4. The zero-order valence-corrected chi connectivity index (χ0v) is 12.2. The van der Waals surface area contributed by atoms with Crippen LogP contribution in [0.1, 0.15) is 11.1 Å². The summed E-state index contributed by atoms with van der Waals surface area (Å²) in [6.45, 7) is 1.44. The van der Waals surface area contributed by atoms with Gasteiger partial charge in [0.2, 0.25) is 0 Å². The molecular weight excluding hydrogens is 284 g/mol.